The molecule has 0 aliphatic heterocycles. The zero-order valence-corrected chi connectivity index (χ0v) is 14.1. The predicted octanol–water partition coefficient (Wildman–Crippen LogP) is 2.00. The van der Waals surface area contributed by atoms with E-state index >= 15 is 0 Å². The molecule has 1 aliphatic carbocycles. The SMILES string of the molecule is C[C@H](c1cccs1)N(C)C(=O)CN(CC(N)=O)C1CCCC1. The van der Waals surface area contributed by atoms with E-state index < -0.39 is 0 Å². The first kappa shape index (κ1) is 17.0. The number of hydrogen-bond acceptors (Lipinski definition) is 4. The molecule has 1 fully saturated rings. The molecule has 1 atom stereocenters. The summed E-state index contributed by atoms with van der Waals surface area (Å²) < 4.78 is 0. The molecule has 0 unspecified atom stereocenters. The summed E-state index contributed by atoms with van der Waals surface area (Å²) >= 11 is 1.65. The van der Waals surface area contributed by atoms with Gasteiger partial charge in [-0.1, -0.05) is 18.9 Å². The van der Waals surface area contributed by atoms with Crippen molar-refractivity contribution in [1.82, 2.24) is 9.80 Å². The van der Waals surface area contributed by atoms with Gasteiger partial charge < -0.3 is 10.6 Å². The van der Waals surface area contributed by atoms with E-state index in [1.165, 1.54) is 0 Å². The van der Waals surface area contributed by atoms with Crippen molar-refractivity contribution in [2.45, 2.75) is 44.7 Å². The highest BCUT2D eigenvalue weighted by Gasteiger charge is 2.27. The number of nitrogens with zero attached hydrogens (tertiary/aromatic N) is 2. The van der Waals surface area contributed by atoms with Crippen molar-refractivity contribution in [2.24, 2.45) is 5.73 Å². The van der Waals surface area contributed by atoms with Crippen molar-refractivity contribution in [3.05, 3.63) is 22.4 Å². The van der Waals surface area contributed by atoms with Crippen molar-refractivity contribution in [3.8, 4) is 0 Å². The molecule has 2 rings (SSSR count). The van der Waals surface area contributed by atoms with E-state index in [4.69, 9.17) is 5.73 Å². The van der Waals surface area contributed by atoms with E-state index in [0.29, 0.717) is 6.04 Å². The molecule has 2 amide bonds. The number of primary amides is 1. The molecule has 0 bridgehead atoms. The number of carbonyl (C=O) groups excluding carboxylic acids is 2. The second-order valence-corrected chi connectivity index (χ2v) is 6.98. The minimum absolute atomic E-state index is 0.0362. The Kier molecular flexibility index (Phi) is 5.97. The molecule has 6 heteroatoms. The van der Waals surface area contributed by atoms with Gasteiger partial charge in [-0.15, -0.1) is 11.3 Å². The van der Waals surface area contributed by atoms with E-state index in [1.54, 1.807) is 16.2 Å². The molecule has 1 aliphatic rings. The van der Waals surface area contributed by atoms with E-state index in [9.17, 15) is 9.59 Å². The fourth-order valence-electron chi connectivity index (χ4n) is 3.00. The highest BCUT2D eigenvalue weighted by molar-refractivity contribution is 7.10. The van der Waals surface area contributed by atoms with Gasteiger partial charge in [-0.25, -0.2) is 0 Å². The number of hydrogen-bond donors (Lipinski definition) is 1. The van der Waals surface area contributed by atoms with Crippen LogP contribution in [0.4, 0.5) is 0 Å². The summed E-state index contributed by atoms with van der Waals surface area (Å²) in [6.45, 7) is 2.45. The van der Waals surface area contributed by atoms with Crippen molar-refractivity contribution >= 4 is 23.2 Å². The van der Waals surface area contributed by atoms with E-state index in [0.717, 1.165) is 30.6 Å². The summed E-state index contributed by atoms with van der Waals surface area (Å²) in [6, 6.07) is 4.39. The van der Waals surface area contributed by atoms with Gasteiger partial charge in [0.2, 0.25) is 11.8 Å². The van der Waals surface area contributed by atoms with Crippen LogP contribution in [0.25, 0.3) is 0 Å². The second kappa shape index (κ2) is 7.74. The highest BCUT2D eigenvalue weighted by atomic mass is 32.1. The molecule has 0 spiro atoms. The summed E-state index contributed by atoms with van der Waals surface area (Å²) in [6.07, 6.45) is 4.42. The Hall–Kier alpha value is -1.40. The van der Waals surface area contributed by atoms with Crippen LogP contribution < -0.4 is 5.73 Å². The molecule has 1 saturated carbocycles. The van der Waals surface area contributed by atoms with Gasteiger partial charge in [0.1, 0.15) is 0 Å². The normalized spacial score (nSPS) is 16.9. The molecule has 1 aromatic rings. The van der Waals surface area contributed by atoms with E-state index in [2.05, 4.69) is 0 Å². The first-order valence-corrected chi connectivity index (χ1v) is 8.68. The Labute approximate surface area is 136 Å². The fraction of sp³-hybridized carbons (Fsp3) is 0.625. The molecule has 22 heavy (non-hydrogen) atoms. The molecule has 5 nitrogen and oxygen atoms in total. The number of nitrogens with two attached hydrogens (primary N) is 1. The Morgan fingerprint density at radius 3 is 2.59 bits per heavy atom. The number of likely N-dealkylation sites (N-methyl/N-ethyl adjacent to an activating group) is 1. The monoisotopic (exact) mass is 323 g/mol. The minimum Gasteiger partial charge on any atom is -0.369 e. The lowest BCUT2D eigenvalue weighted by Gasteiger charge is -2.31. The summed E-state index contributed by atoms with van der Waals surface area (Å²) in [5.74, 6) is -0.331. The maximum atomic E-state index is 12.6. The Morgan fingerprint density at radius 1 is 1.36 bits per heavy atom. The first-order chi connectivity index (χ1) is 10.5. The maximum Gasteiger partial charge on any atom is 0.237 e. The Balaban J connectivity index is 1.98. The largest absolute Gasteiger partial charge is 0.369 e. The minimum atomic E-state index is -0.367. The van der Waals surface area contributed by atoms with Crippen LogP contribution in [0.1, 0.15) is 43.5 Å². The molecule has 2 N–H and O–H groups in total. The van der Waals surface area contributed by atoms with Crippen molar-refractivity contribution in [2.75, 3.05) is 20.1 Å². The van der Waals surface area contributed by atoms with Crippen LogP contribution >= 0.6 is 11.3 Å². The van der Waals surface area contributed by atoms with Crippen LogP contribution in [0.15, 0.2) is 17.5 Å². The van der Waals surface area contributed by atoms with E-state index in [-0.39, 0.29) is 30.9 Å². The van der Waals surface area contributed by atoms with Gasteiger partial charge in [0, 0.05) is 18.0 Å². The van der Waals surface area contributed by atoms with Crippen molar-refractivity contribution < 1.29 is 9.59 Å². The molecule has 0 aromatic carbocycles. The van der Waals surface area contributed by atoms with Gasteiger partial charge in [-0.05, 0) is 31.2 Å². The average Bonchev–Trinajstić information content (AvgIpc) is 3.16. The van der Waals surface area contributed by atoms with Gasteiger partial charge in [0.05, 0.1) is 19.1 Å². The Morgan fingerprint density at radius 2 is 2.05 bits per heavy atom. The lowest BCUT2D eigenvalue weighted by molar-refractivity contribution is -0.134. The molecule has 1 aromatic heterocycles. The van der Waals surface area contributed by atoms with Crippen LogP contribution in [0.3, 0.4) is 0 Å². The lowest BCUT2D eigenvalue weighted by atomic mass is 10.2. The maximum absolute atomic E-state index is 12.6. The molecule has 0 radical (unpaired) electrons. The smallest absolute Gasteiger partial charge is 0.237 e. The van der Waals surface area contributed by atoms with Gasteiger partial charge in [-0.2, -0.15) is 0 Å². The zero-order chi connectivity index (χ0) is 16.1. The average molecular weight is 323 g/mol. The summed E-state index contributed by atoms with van der Waals surface area (Å²) in [5.41, 5.74) is 5.35. The Bertz CT molecular complexity index is 497. The summed E-state index contributed by atoms with van der Waals surface area (Å²) in [7, 11) is 1.82. The number of rotatable bonds is 7. The van der Waals surface area contributed by atoms with Crippen molar-refractivity contribution in [1.29, 1.82) is 0 Å². The molecular formula is C16H25N3O2S. The number of amides is 2. The topological polar surface area (TPSA) is 66.6 Å². The van der Waals surface area contributed by atoms with E-state index in [1.807, 2.05) is 36.4 Å². The quantitative estimate of drug-likeness (QED) is 0.834. The highest BCUT2D eigenvalue weighted by Crippen LogP contribution is 2.25. The van der Waals surface area contributed by atoms with Crippen LogP contribution in [0.5, 0.6) is 0 Å². The second-order valence-electron chi connectivity index (χ2n) is 6.01. The van der Waals surface area contributed by atoms with Crippen LogP contribution in [-0.2, 0) is 9.59 Å². The molecule has 122 valence electrons. The summed E-state index contributed by atoms with van der Waals surface area (Å²) in [5, 5.41) is 2.02. The third kappa shape index (κ3) is 4.30. The third-order valence-electron chi connectivity index (χ3n) is 4.47. The van der Waals surface area contributed by atoms with Gasteiger partial charge in [-0.3, -0.25) is 14.5 Å². The third-order valence-corrected chi connectivity index (χ3v) is 5.51. The predicted molar refractivity (Wildman–Crippen MR) is 88.5 cm³/mol. The van der Waals surface area contributed by atoms with Crippen LogP contribution in [-0.4, -0.2) is 47.8 Å². The first-order valence-electron chi connectivity index (χ1n) is 7.80. The van der Waals surface area contributed by atoms with Crippen LogP contribution in [0.2, 0.25) is 0 Å². The van der Waals surface area contributed by atoms with Gasteiger partial charge >= 0.3 is 0 Å². The fourth-order valence-corrected chi connectivity index (χ4v) is 3.83. The van der Waals surface area contributed by atoms with Crippen LogP contribution in [0, 0.1) is 0 Å². The van der Waals surface area contributed by atoms with Gasteiger partial charge in [0.25, 0.3) is 0 Å². The van der Waals surface area contributed by atoms with Crippen molar-refractivity contribution in [3.63, 3.8) is 0 Å². The zero-order valence-electron chi connectivity index (χ0n) is 13.3. The van der Waals surface area contributed by atoms with Gasteiger partial charge in [0.15, 0.2) is 0 Å². The standard InChI is InChI=1S/C16H25N3O2S/c1-12(14-8-5-9-22-14)18(2)16(21)11-19(10-15(17)20)13-6-3-4-7-13/h5,8-9,12-13H,3-4,6-7,10-11H2,1-2H3,(H2,17,20)/t12-/m1/s1. The number of thiophene rings is 1. The molecular weight excluding hydrogens is 298 g/mol. The molecule has 0 saturated heterocycles. The number of carbonyl (C=O) groups is 2. The summed E-state index contributed by atoms with van der Waals surface area (Å²) in [4.78, 5) is 28.7. The molecule has 1 heterocycles. The lowest BCUT2D eigenvalue weighted by Crippen LogP contribution is -2.46.